The molecule has 0 aromatic heterocycles. The minimum Gasteiger partial charge on any atom is -0.491 e. The first-order valence-electron chi connectivity index (χ1n) is 22.3. The van der Waals surface area contributed by atoms with Gasteiger partial charge in [0.25, 0.3) is 0 Å². The number of ether oxygens (including phenoxy) is 5. The summed E-state index contributed by atoms with van der Waals surface area (Å²) in [6.45, 7) is 14.4. The molecule has 3 atom stereocenters. The lowest BCUT2D eigenvalue weighted by molar-refractivity contribution is -0.145. The topological polar surface area (TPSA) is 189 Å². The predicted molar refractivity (Wildman–Crippen MR) is 264 cm³/mol. The molecule has 4 aromatic rings. The third-order valence-electron chi connectivity index (χ3n) is 11.3. The average molecular weight is 1070 g/mol. The van der Waals surface area contributed by atoms with E-state index in [9.17, 15) is 24.0 Å². The molecule has 5 rings (SSSR count). The smallest absolute Gasteiger partial charge is 0.491 e. The molecular formula is C50H61BFIN4O12. The lowest BCUT2D eigenvalue weighted by Gasteiger charge is -2.32. The van der Waals surface area contributed by atoms with E-state index in [2.05, 4.69) is 16.0 Å². The van der Waals surface area contributed by atoms with Crippen LogP contribution in [0.5, 0.6) is 11.5 Å². The summed E-state index contributed by atoms with van der Waals surface area (Å²) >= 11 is 2.03. The number of nitrogens with one attached hydrogen (secondary N) is 3. The van der Waals surface area contributed by atoms with Crippen LogP contribution in [0.4, 0.5) is 14.0 Å². The van der Waals surface area contributed by atoms with E-state index >= 15 is 4.39 Å². The molecule has 0 saturated carbocycles. The van der Waals surface area contributed by atoms with Gasteiger partial charge >= 0.3 is 25.3 Å². The first-order chi connectivity index (χ1) is 32.5. The molecular weight excluding hydrogens is 1010 g/mol. The lowest BCUT2D eigenvalue weighted by Crippen LogP contribution is -2.53. The van der Waals surface area contributed by atoms with Crippen LogP contribution in [0.3, 0.4) is 0 Å². The molecule has 0 bridgehead atoms. The standard InChI is InChI=1S/C50H61BFIN4O12/c1-31(43(58)56-39(45(60)63-10)27-34-25-36(51-68-49(5,6)50(7,8)69-51)42(37(52)26-34)65-29-32-17-13-11-14-18-32)55-44(59)41(57(9)47(62)66-30-33-19-15-12-16-20-33)35-21-22-40(38(53)28-35)64-24-23-54-46(61)67-48(2,3)4/h11-22,25-26,28,31,39,41H,23-24,27,29-30H2,1-10H3,(H,54,61)(H,55,59)(H,56,58)/t31-,39-,41-/m0/s1. The van der Waals surface area contributed by atoms with Crippen LogP contribution in [0.1, 0.15) is 83.7 Å². The number of alkyl carbamates (subject to hydrolysis) is 1. The second kappa shape index (κ2) is 23.6. The summed E-state index contributed by atoms with van der Waals surface area (Å²) in [7, 11) is 1.50. The Bertz CT molecular complexity index is 2420. The summed E-state index contributed by atoms with van der Waals surface area (Å²) in [6.07, 6.45) is -1.65. The van der Waals surface area contributed by atoms with E-state index in [1.54, 1.807) is 69.3 Å². The number of esters is 1. The van der Waals surface area contributed by atoms with Gasteiger partial charge in [-0.15, -0.1) is 0 Å². The fraction of sp³-hybridized carbons (Fsp3) is 0.420. The molecule has 1 fully saturated rings. The molecule has 4 amide bonds. The SMILES string of the molecule is COC(=O)[C@H](Cc1cc(F)c(OCc2ccccc2)c(B2OC(C)(C)C(C)(C)O2)c1)NC(=O)[C@H](C)NC(=O)[C@H](c1ccc(OCCNC(=O)OC(C)(C)C)c(I)c1)N(C)C(=O)OCc1ccccc1. The zero-order valence-corrected chi connectivity index (χ0v) is 42.8. The monoisotopic (exact) mass is 1070 g/mol. The van der Waals surface area contributed by atoms with Gasteiger partial charge in [-0.3, -0.25) is 14.5 Å². The van der Waals surface area contributed by atoms with Crippen molar-refractivity contribution in [2.24, 2.45) is 0 Å². The van der Waals surface area contributed by atoms with Crippen LogP contribution in [0.2, 0.25) is 0 Å². The summed E-state index contributed by atoms with van der Waals surface area (Å²) < 4.78 is 57.2. The third-order valence-corrected chi connectivity index (χ3v) is 12.1. The van der Waals surface area contributed by atoms with Crippen LogP contribution in [0.15, 0.2) is 91.0 Å². The van der Waals surface area contributed by atoms with Gasteiger partial charge in [-0.1, -0.05) is 72.8 Å². The highest BCUT2D eigenvalue weighted by Crippen LogP contribution is 2.38. The number of rotatable bonds is 19. The van der Waals surface area contributed by atoms with E-state index in [4.69, 9.17) is 33.0 Å². The molecule has 1 aliphatic heterocycles. The minimum atomic E-state index is -1.34. The fourth-order valence-electron chi connectivity index (χ4n) is 6.95. The Hall–Kier alpha value is -5.93. The molecule has 1 aliphatic rings. The molecule has 4 aromatic carbocycles. The maximum Gasteiger partial charge on any atom is 0.498 e. The molecule has 3 N–H and O–H groups in total. The largest absolute Gasteiger partial charge is 0.498 e. The number of amides is 4. The molecule has 69 heavy (non-hydrogen) atoms. The van der Waals surface area contributed by atoms with Crippen LogP contribution >= 0.6 is 22.6 Å². The number of carbonyl (C=O) groups is 5. The van der Waals surface area contributed by atoms with Crippen molar-refractivity contribution in [2.75, 3.05) is 27.3 Å². The van der Waals surface area contributed by atoms with Crippen LogP contribution in [-0.4, -0.2) is 98.2 Å². The predicted octanol–water partition coefficient (Wildman–Crippen LogP) is 6.93. The zero-order chi connectivity index (χ0) is 50.7. The number of nitrogens with zero attached hydrogens (tertiary/aromatic N) is 1. The van der Waals surface area contributed by atoms with E-state index < -0.39 is 77.8 Å². The van der Waals surface area contributed by atoms with Crippen molar-refractivity contribution in [2.45, 2.75) is 110 Å². The molecule has 19 heteroatoms. The fourth-order valence-corrected chi connectivity index (χ4v) is 7.65. The summed E-state index contributed by atoms with van der Waals surface area (Å²) in [5.41, 5.74) is 0.195. The highest BCUT2D eigenvalue weighted by molar-refractivity contribution is 14.1. The third kappa shape index (κ3) is 15.0. The van der Waals surface area contributed by atoms with E-state index in [1.165, 1.54) is 20.0 Å². The summed E-state index contributed by atoms with van der Waals surface area (Å²) in [6, 6.07) is 22.0. The number of methoxy groups -OCH3 is 1. The van der Waals surface area contributed by atoms with Gasteiger partial charge in [-0.25, -0.2) is 18.8 Å². The molecule has 0 radical (unpaired) electrons. The van der Waals surface area contributed by atoms with E-state index in [-0.39, 0.29) is 49.6 Å². The Balaban J connectivity index is 1.34. The lowest BCUT2D eigenvalue weighted by atomic mass is 9.77. The summed E-state index contributed by atoms with van der Waals surface area (Å²) in [4.78, 5) is 68.2. The average Bonchev–Trinajstić information content (AvgIpc) is 3.51. The van der Waals surface area contributed by atoms with E-state index in [0.29, 0.717) is 14.9 Å². The second-order valence-electron chi connectivity index (χ2n) is 18.4. The van der Waals surface area contributed by atoms with Crippen LogP contribution in [0, 0.1) is 9.39 Å². The molecule has 1 heterocycles. The number of hydrogen-bond donors (Lipinski definition) is 3. The van der Waals surface area contributed by atoms with Crippen molar-refractivity contribution < 1.29 is 61.4 Å². The quantitative estimate of drug-likeness (QED) is 0.0289. The Morgan fingerprint density at radius 3 is 2.00 bits per heavy atom. The number of halogens is 2. The highest BCUT2D eigenvalue weighted by Gasteiger charge is 2.53. The summed E-state index contributed by atoms with van der Waals surface area (Å²) in [5.74, 6) is -2.76. The maximum atomic E-state index is 16.2. The van der Waals surface area contributed by atoms with Crippen molar-refractivity contribution in [3.8, 4) is 11.5 Å². The minimum absolute atomic E-state index is 0.0508. The van der Waals surface area contributed by atoms with Gasteiger partial charge in [0.15, 0.2) is 11.6 Å². The maximum absolute atomic E-state index is 16.2. The normalized spacial score (nSPS) is 15.2. The van der Waals surface area contributed by atoms with Crippen molar-refractivity contribution in [3.63, 3.8) is 0 Å². The molecule has 16 nitrogen and oxygen atoms in total. The van der Waals surface area contributed by atoms with Crippen LogP contribution in [-0.2, 0) is 57.5 Å². The Morgan fingerprint density at radius 1 is 0.812 bits per heavy atom. The number of carbonyl (C=O) groups excluding carboxylic acids is 5. The van der Waals surface area contributed by atoms with E-state index in [0.717, 1.165) is 23.1 Å². The van der Waals surface area contributed by atoms with Crippen LogP contribution < -0.4 is 30.9 Å². The van der Waals surface area contributed by atoms with Gasteiger partial charge in [0, 0.05) is 18.9 Å². The zero-order valence-electron chi connectivity index (χ0n) is 40.6. The van der Waals surface area contributed by atoms with Crippen molar-refractivity contribution >= 4 is 65.1 Å². The molecule has 1 saturated heterocycles. The summed E-state index contributed by atoms with van der Waals surface area (Å²) in [5, 5.41) is 7.95. The van der Waals surface area contributed by atoms with Crippen molar-refractivity contribution in [1.29, 1.82) is 0 Å². The van der Waals surface area contributed by atoms with Crippen LogP contribution in [0.25, 0.3) is 0 Å². The number of benzene rings is 4. The molecule has 0 unspecified atom stereocenters. The van der Waals surface area contributed by atoms with Crippen molar-refractivity contribution in [1.82, 2.24) is 20.9 Å². The number of likely N-dealkylation sites (N-methyl/N-ethyl adjacent to an activating group) is 1. The van der Waals surface area contributed by atoms with Gasteiger partial charge in [-0.2, -0.15) is 0 Å². The van der Waals surface area contributed by atoms with Crippen molar-refractivity contribution in [3.05, 3.63) is 123 Å². The second-order valence-corrected chi connectivity index (χ2v) is 19.6. The Labute approximate surface area is 416 Å². The number of hydrogen-bond acceptors (Lipinski definition) is 12. The van der Waals surface area contributed by atoms with Gasteiger partial charge in [-0.05, 0) is 118 Å². The highest BCUT2D eigenvalue weighted by atomic mass is 127. The first kappa shape index (κ1) is 54.0. The molecule has 370 valence electrons. The van der Waals surface area contributed by atoms with Gasteiger partial charge in [0.1, 0.15) is 49.3 Å². The molecule has 0 aliphatic carbocycles. The molecule has 0 spiro atoms. The van der Waals surface area contributed by atoms with Gasteiger partial charge in [0.2, 0.25) is 11.8 Å². The van der Waals surface area contributed by atoms with E-state index in [1.807, 2.05) is 86.7 Å². The van der Waals surface area contributed by atoms with Gasteiger partial charge < -0.3 is 48.9 Å². The Morgan fingerprint density at radius 2 is 1.42 bits per heavy atom. The Kier molecular flexibility index (Phi) is 18.5. The van der Waals surface area contributed by atoms with Gasteiger partial charge in [0.05, 0.1) is 28.4 Å². The first-order valence-corrected chi connectivity index (χ1v) is 23.4.